The Balaban J connectivity index is 1.76. The summed E-state index contributed by atoms with van der Waals surface area (Å²) in [5, 5.41) is 0. The fourth-order valence-corrected chi connectivity index (χ4v) is 4.25. The van der Waals surface area contributed by atoms with Crippen LogP contribution in [0.2, 0.25) is 0 Å². The minimum Gasteiger partial charge on any atom is -0.368 e. The normalized spacial score (nSPS) is 13.8. The number of aromatic nitrogens is 3. The van der Waals surface area contributed by atoms with Crippen LogP contribution in [0.1, 0.15) is 41.4 Å². The van der Waals surface area contributed by atoms with Crippen LogP contribution in [0.5, 0.6) is 0 Å². The first-order chi connectivity index (χ1) is 11.4. The van der Waals surface area contributed by atoms with E-state index in [-0.39, 0.29) is 5.95 Å². The number of hydrogen-bond donors (Lipinski definition) is 1. The monoisotopic (exact) mass is 346 g/mol. The van der Waals surface area contributed by atoms with Crippen molar-refractivity contribution in [2.24, 2.45) is 0 Å². The van der Waals surface area contributed by atoms with E-state index >= 15 is 0 Å². The lowest BCUT2D eigenvalue weighted by atomic mass is 10.2. The highest BCUT2D eigenvalue weighted by atomic mass is 32.1. The molecule has 0 spiro atoms. The lowest BCUT2D eigenvalue weighted by Crippen LogP contribution is -2.31. The molecule has 0 fully saturated rings. The highest BCUT2D eigenvalue weighted by Gasteiger charge is 2.19. The van der Waals surface area contributed by atoms with Gasteiger partial charge < -0.3 is 10.6 Å². The van der Waals surface area contributed by atoms with Crippen molar-refractivity contribution in [1.29, 1.82) is 0 Å². The molecule has 0 aromatic carbocycles. The molecule has 24 heavy (non-hydrogen) atoms. The summed E-state index contributed by atoms with van der Waals surface area (Å²) in [6.07, 6.45) is 3.80. The number of fused-ring (bicyclic) bond motifs is 1. The zero-order chi connectivity index (χ0) is 17.3. The predicted molar refractivity (Wildman–Crippen MR) is 99.3 cm³/mol. The molecule has 0 unspecified atom stereocenters. The first kappa shape index (κ1) is 17.1. The molecule has 1 aliphatic carbocycles. The maximum absolute atomic E-state index is 5.85. The molecule has 0 atom stereocenters. The van der Waals surface area contributed by atoms with Crippen molar-refractivity contribution in [2.75, 3.05) is 24.7 Å². The van der Waals surface area contributed by atoms with Crippen LogP contribution in [-0.4, -0.2) is 40.0 Å². The third-order valence-corrected chi connectivity index (χ3v) is 5.54. The number of thiophene rings is 1. The first-order valence-electron chi connectivity index (χ1n) is 8.44. The van der Waals surface area contributed by atoms with Gasteiger partial charge in [-0.05, 0) is 44.7 Å². The third-order valence-electron chi connectivity index (χ3n) is 4.32. The second kappa shape index (κ2) is 7.03. The largest absolute Gasteiger partial charge is 0.368 e. The number of nitrogens with zero attached hydrogens (tertiary/aromatic N) is 5. The van der Waals surface area contributed by atoms with Crippen molar-refractivity contribution >= 4 is 23.2 Å². The lowest BCUT2D eigenvalue weighted by molar-refractivity contribution is 0.200. The zero-order valence-corrected chi connectivity index (χ0v) is 15.7. The minimum absolute atomic E-state index is 0.280. The van der Waals surface area contributed by atoms with Crippen LogP contribution >= 0.6 is 11.3 Å². The predicted octanol–water partition coefficient (Wildman–Crippen LogP) is 2.48. The van der Waals surface area contributed by atoms with E-state index in [0.29, 0.717) is 18.5 Å². The molecule has 0 saturated heterocycles. The average molecular weight is 347 g/mol. The van der Waals surface area contributed by atoms with E-state index in [2.05, 4.69) is 39.8 Å². The van der Waals surface area contributed by atoms with E-state index in [0.717, 1.165) is 12.4 Å². The Kier molecular flexibility index (Phi) is 5.01. The van der Waals surface area contributed by atoms with Gasteiger partial charge in [-0.25, -0.2) is 0 Å². The van der Waals surface area contributed by atoms with Crippen molar-refractivity contribution < 1.29 is 0 Å². The fraction of sp³-hybridized carbons (Fsp3) is 0.588. The van der Waals surface area contributed by atoms with Gasteiger partial charge in [0.2, 0.25) is 11.9 Å². The molecule has 3 rings (SSSR count). The number of rotatable bonds is 6. The standard InChI is InChI=1S/C17H26N6S/c1-11(2)23(9-13-8-12-6-5-7-14(12)24-13)10-15-19-16(18)21-17(20-15)22(3)4/h8,11H,5-7,9-10H2,1-4H3,(H2,18,19,20,21). The Labute approximate surface area is 147 Å². The second-order valence-corrected chi connectivity index (χ2v) is 8.04. The van der Waals surface area contributed by atoms with Crippen LogP contribution in [0, 0.1) is 0 Å². The Morgan fingerprint density at radius 2 is 1.96 bits per heavy atom. The van der Waals surface area contributed by atoms with Crippen molar-refractivity contribution in [3.05, 3.63) is 27.2 Å². The molecule has 0 saturated carbocycles. The molecule has 6 nitrogen and oxygen atoms in total. The summed E-state index contributed by atoms with van der Waals surface area (Å²) < 4.78 is 0. The van der Waals surface area contributed by atoms with Crippen LogP contribution in [0.15, 0.2) is 6.07 Å². The maximum atomic E-state index is 5.85. The summed E-state index contributed by atoms with van der Waals surface area (Å²) in [4.78, 5) is 20.3. The van der Waals surface area contributed by atoms with Gasteiger partial charge >= 0.3 is 0 Å². The molecule has 2 heterocycles. The zero-order valence-electron chi connectivity index (χ0n) is 14.9. The Hall–Kier alpha value is -1.73. The van der Waals surface area contributed by atoms with Gasteiger partial charge in [-0.1, -0.05) is 0 Å². The number of aryl methyl sites for hydroxylation is 2. The highest BCUT2D eigenvalue weighted by molar-refractivity contribution is 7.12. The number of hydrogen-bond acceptors (Lipinski definition) is 7. The number of nitrogens with two attached hydrogens (primary N) is 1. The summed E-state index contributed by atoms with van der Waals surface area (Å²) >= 11 is 1.96. The molecule has 0 amide bonds. The molecule has 2 N–H and O–H groups in total. The molecule has 1 aliphatic rings. The third kappa shape index (κ3) is 3.84. The molecule has 2 aromatic heterocycles. The van der Waals surface area contributed by atoms with Gasteiger partial charge in [-0.15, -0.1) is 11.3 Å². The Bertz CT molecular complexity index is 688. The molecule has 0 bridgehead atoms. The van der Waals surface area contributed by atoms with Crippen molar-refractivity contribution in [3.8, 4) is 0 Å². The van der Waals surface area contributed by atoms with Crippen LogP contribution < -0.4 is 10.6 Å². The lowest BCUT2D eigenvalue weighted by Gasteiger charge is -2.25. The van der Waals surface area contributed by atoms with Crippen LogP contribution in [0.4, 0.5) is 11.9 Å². The Morgan fingerprint density at radius 3 is 2.62 bits per heavy atom. The summed E-state index contributed by atoms with van der Waals surface area (Å²) in [7, 11) is 3.82. The van der Waals surface area contributed by atoms with Gasteiger partial charge in [0.1, 0.15) is 5.82 Å². The summed E-state index contributed by atoms with van der Waals surface area (Å²) in [6, 6.07) is 2.79. The summed E-state index contributed by atoms with van der Waals surface area (Å²) in [5.41, 5.74) is 7.40. The fourth-order valence-electron chi connectivity index (χ4n) is 2.97. The smallest absolute Gasteiger partial charge is 0.229 e. The van der Waals surface area contributed by atoms with Gasteiger partial charge in [-0.3, -0.25) is 4.90 Å². The molecular formula is C17H26N6S. The number of anilines is 2. The first-order valence-corrected chi connectivity index (χ1v) is 9.26. The quantitative estimate of drug-likeness (QED) is 0.866. The van der Waals surface area contributed by atoms with E-state index in [4.69, 9.17) is 5.73 Å². The van der Waals surface area contributed by atoms with E-state index in [1.165, 1.54) is 24.1 Å². The highest BCUT2D eigenvalue weighted by Crippen LogP contribution is 2.31. The van der Waals surface area contributed by atoms with Crippen molar-refractivity contribution in [2.45, 2.75) is 52.2 Å². The number of nitrogen functional groups attached to an aromatic ring is 1. The average Bonchev–Trinajstić information content (AvgIpc) is 3.06. The van der Waals surface area contributed by atoms with Gasteiger partial charge in [0.15, 0.2) is 0 Å². The molecule has 130 valence electrons. The van der Waals surface area contributed by atoms with Crippen LogP contribution in [-0.2, 0) is 25.9 Å². The molecule has 0 radical (unpaired) electrons. The SMILES string of the molecule is CC(C)N(Cc1nc(N)nc(N(C)C)n1)Cc1cc2c(s1)CCC2. The van der Waals surface area contributed by atoms with E-state index in [9.17, 15) is 0 Å². The maximum Gasteiger partial charge on any atom is 0.229 e. The van der Waals surface area contributed by atoms with Gasteiger partial charge in [-0.2, -0.15) is 15.0 Å². The summed E-state index contributed by atoms with van der Waals surface area (Å²) in [6.45, 7) is 6.02. The summed E-state index contributed by atoms with van der Waals surface area (Å²) in [5.74, 6) is 1.61. The minimum atomic E-state index is 0.280. The van der Waals surface area contributed by atoms with Crippen LogP contribution in [0.25, 0.3) is 0 Å². The Morgan fingerprint density at radius 1 is 1.17 bits per heavy atom. The topological polar surface area (TPSA) is 71.2 Å². The van der Waals surface area contributed by atoms with E-state index < -0.39 is 0 Å². The molecular weight excluding hydrogens is 320 g/mol. The van der Waals surface area contributed by atoms with Crippen molar-refractivity contribution in [3.63, 3.8) is 0 Å². The van der Waals surface area contributed by atoms with Gasteiger partial charge in [0.25, 0.3) is 0 Å². The van der Waals surface area contributed by atoms with E-state index in [1.54, 1.807) is 10.4 Å². The van der Waals surface area contributed by atoms with Crippen molar-refractivity contribution in [1.82, 2.24) is 19.9 Å². The van der Waals surface area contributed by atoms with Crippen LogP contribution in [0.3, 0.4) is 0 Å². The van der Waals surface area contributed by atoms with Gasteiger partial charge in [0, 0.05) is 36.4 Å². The van der Waals surface area contributed by atoms with E-state index in [1.807, 2.05) is 30.3 Å². The van der Waals surface area contributed by atoms with Gasteiger partial charge in [0.05, 0.1) is 6.54 Å². The molecule has 2 aromatic rings. The molecule has 7 heteroatoms. The molecule has 0 aliphatic heterocycles. The second-order valence-electron chi connectivity index (χ2n) is 6.82.